The molecule has 0 radical (unpaired) electrons. The van der Waals surface area contributed by atoms with Gasteiger partial charge in [0, 0.05) is 11.9 Å². The van der Waals surface area contributed by atoms with E-state index in [-0.39, 0.29) is 24.1 Å². The zero-order chi connectivity index (χ0) is 21.8. The predicted octanol–water partition coefficient (Wildman–Crippen LogP) is 3.86. The maximum Gasteiger partial charge on any atom is 0.295 e. The highest BCUT2D eigenvalue weighted by molar-refractivity contribution is 7.10. The van der Waals surface area contributed by atoms with Crippen molar-refractivity contribution in [3.05, 3.63) is 105 Å². The van der Waals surface area contributed by atoms with Gasteiger partial charge in [0.1, 0.15) is 5.69 Å². The van der Waals surface area contributed by atoms with Gasteiger partial charge in [0.15, 0.2) is 0 Å². The quantitative estimate of drug-likeness (QED) is 0.466. The summed E-state index contributed by atoms with van der Waals surface area (Å²) < 4.78 is 3.30. The molecule has 7 heteroatoms. The molecular weight excluding hydrogens is 408 g/mol. The first-order valence-electron chi connectivity index (χ1n) is 10.0. The lowest BCUT2D eigenvalue weighted by Crippen LogP contribution is -2.33. The van der Waals surface area contributed by atoms with Crippen LogP contribution in [0.1, 0.15) is 22.2 Å². The number of amides is 1. The molecule has 31 heavy (non-hydrogen) atoms. The molecule has 2 heterocycles. The molecule has 0 saturated heterocycles. The maximum atomic E-state index is 13.0. The molecule has 2 aromatic heterocycles. The van der Waals surface area contributed by atoms with E-state index in [1.54, 1.807) is 27.7 Å². The number of carbonyl (C=O) groups is 1. The van der Waals surface area contributed by atoms with E-state index in [1.165, 1.54) is 0 Å². The maximum absolute atomic E-state index is 13.0. The SMILES string of the molecule is Cc1c(NC(=O)CN[C@H](c2ccccc2)c2cccs2)c(=O)n(-c2ccccc2)n1C. The Morgan fingerprint density at radius 2 is 1.68 bits per heavy atom. The number of hydrogen-bond acceptors (Lipinski definition) is 4. The molecule has 158 valence electrons. The minimum Gasteiger partial charge on any atom is -0.319 e. The van der Waals surface area contributed by atoms with E-state index in [1.807, 2.05) is 85.1 Å². The normalized spacial score (nSPS) is 11.9. The second-order valence-corrected chi connectivity index (χ2v) is 8.20. The zero-order valence-electron chi connectivity index (χ0n) is 17.4. The molecule has 6 nitrogen and oxygen atoms in total. The molecule has 4 aromatic rings. The van der Waals surface area contributed by atoms with Crippen LogP contribution in [0.3, 0.4) is 0 Å². The third kappa shape index (κ3) is 4.38. The Labute approximate surface area is 184 Å². The molecular formula is C24H24N4O2S. The summed E-state index contributed by atoms with van der Waals surface area (Å²) in [5, 5.41) is 8.16. The van der Waals surface area contributed by atoms with Gasteiger partial charge in [-0.05, 0) is 36.1 Å². The van der Waals surface area contributed by atoms with Gasteiger partial charge in [0.2, 0.25) is 5.91 Å². The first kappa shape index (κ1) is 20.8. The molecule has 1 amide bonds. The van der Waals surface area contributed by atoms with E-state index in [2.05, 4.69) is 10.6 Å². The minimum absolute atomic E-state index is 0.0799. The molecule has 4 rings (SSSR count). The lowest BCUT2D eigenvalue weighted by molar-refractivity contribution is -0.115. The second-order valence-electron chi connectivity index (χ2n) is 7.22. The van der Waals surface area contributed by atoms with E-state index in [9.17, 15) is 9.59 Å². The summed E-state index contributed by atoms with van der Waals surface area (Å²) >= 11 is 1.64. The largest absolute Gasteiger partial charge is 0.319 e. The fourth-order valence-electron chi connectivity index (χ4n) is 3.57. The number of benzene rings is 2. The van der Waals surface area contributed by atoms with E-state index in [0.29, 0.717) is 11.4 Å². The standard InChI is InChI=1S/C24H24N4O2S/c1-17-22(24(30)28(27(17)2)19-12-7-4-8-13-19)26-21(29)16-25-23(20-14-9-15-31-20)18-10-5-3-6-11-18/h3-15,23,25H,16H2,1-2H3,(H,26,29)/t23-/m1/s1. The fraction of sp³-hybridized carbons (Fsp3) is 0.167. The third-order valence-corrected chi connectivity index (χ3v) is 6.18. The lowest BCUT2D eigenvalue weighted by atomic mass is 10.1. The van der Waals surface area contributed by atoms with Crippen molar-refractivity contribution in [3.63, 3.8) is 0 Å². The van der Waals surface area contributed by atoms with Crippen molar-refractivity contribution < 1.29 is 4.79 Å². The van der Waals surface area contributed by atoms with Gasteiger partial charge in [-0.2, -0.15) is 0 Å². The van der Waals surface area contributed by atoms with E-state index >= 15 is 0 Å². The fourth-order valence-corrected chi connectivity index (χ4v) is 4.40. The van der Waals surface area contributed by atoms with Gasteiger partial charge in [0.25, 0.3) is 5.56 Å². The highest BCUT2D eigenvalue weighted by Gasteiger charge is 2.20. The first-order valence-corrected chi connectivity index (χ1v) is 10.9. The van der Waals surface area contributed by atoms with Gasteiger partial charge >= 0.3 is 0 Å². The van der Waals surface area contributed by atoms with Crippen LogP contribution in [0.5, 0.6) is 0 Å². The summed E-state index contributed by atoms with van der Waals surface area (Å²) in [5.74, 6) is -0.261. The van der Waals surface area contributed by atoms with Crippen LogP contribution >= 0.6 is 11.3 Å². The lowest BCUT2D eigenvalue weighted by Gasteiger charge is -2.17. The van der Waals surface area contributed by atoms with Crippen molar-refractivity contribution in [2.24, 2.45) is 7.05 Å². The van der Waals surface area contributed by atoms with Crippen molar-refractivity contribution in [1.82, 2.24) is 14.7 Å². The zero-order valence-corrected chi connectivity index (χ0v) is 18.2. The molecule has 1 atom stereocenters. The summed E-state index contributed by atoms with van der Waals surface area (Å²) in [7, 11) is 1.81. The van der Waals surface area contributed by atoms with Crippen molar-refractivity contribution in [3.8, 4) is 5.69 Å². The Balaban J connectivity index is 1.52. The summed E-state index contributed by atoms with van der Waals surface area (Å²) in [5.41, 5.74) is 2.57. The number of para-hydroxylation sites is 1. The topological polar surface area (TPSA) is 68.1 Å². The van der Waals surface area contributed by atoms with Gasteiger partial charge in [0.05, 0.1) is 24.0 Å². The monoisotopic (exact) mass is 432 g/mol. The Hall–Kier alpha value is -3.42. The number of nitrogens with one attached hydrogen (secondary N) is 2. The van der Waals surface area contributed by atoms with Crippen LogP contribution in [-0.2, 0) is 11.8 Å². The molecule has 2 aromatic carbocycles. The Morgan fingerprint density at radius 1 is 1.00 bits per heavy atom. The van der Waals surface area contributed by atoms with Gasteiger partial charge in [-0.3, -0.25) is 19.6 Å². The Kier molecular flexibility index (Phi) is 6.16. The van der Waals surface area contributed by atoms with Gasteiger partial charge in [-0.1, -0.05) is 54.6 Å². The first-order chi connectivity index (χ1) is 15.1. The summed E-state index contributed by atoms with van der Waals surface area (Å²) in [6.07, 6.45) is 0. The van der Waals surface area contributed by atoms with Gasteiger partial charge in [-0.15, -0.1) is 11.3 Å². The Bertz CT molecular complexity index is 1210. The van der Waals surface area contributed by atoms with E-state index < -0.39 is 0 Å². The summed E-state index contributed by atoms with van der Waals surface area (Å²) in [4.78, 5) is 26.9. The number of carbonyl (C=O) groups excluding carboxylic acids is 1. The number of rotatable bonds is 7. The molecule has 0 spiro atoms. The van der Waals surface area contributed by atoms with Crippen molar-refractivity contribution >= 4 is 22.9 Å². The van der Waals surface area contributed by atoms with Crippen molar-refractivity contribution in [1.29, 1.82) is 0 Å². The molecule has 0 aliphatic heterocycles. The number of nitrogens with zero attached hydrogens (tertiary/aromatic N) is 2. The van der Waals surface area contributed by atoms with Crippen molar-refractivity contribution in [2.45, 2.75) is 13.0 Å². The van der Waals surface area contributed by atoms with Crippen LogP contribution in [0.2, 0.25) is 0 Å². The van der Waals surface area contributed by atoms with Crippen LogP contribution in [0.25, 0.3) is 5.69 Å². The Morgan fingerprint density at radius 3 is 2.32 bits per heavy atom. The van der Waals surface area contributed by atoms with Crippen molar-refractivity contribution in [2.75, 3.05) is 11.9 Å². The van der Waals surface area contributed by atoms with E-state index in [4.69, 9.17) is 0 Å². The van der Waals surface area contributed by atoms with Gasteiger partial charge in [-0.25, -0.2) is 4.68 Å². The molecule has 0 saturated carbocycles. The van der Waals surface area contributed by atoms with E-state index in [0.717, 1.165) is 16.1 Å². The average molecular weight is 433 g/mol. The van der Waals surface area contributed by atoms with Crippen LogP contribution in [0.15, 0.2) is 83.0 Å². The molecule has 2 N–H and O–H groups in total. The highest BCUT2D eigenvalue weighted by atomic mass is 32.1. The number of anilines is 1. The van der Waals surface area contributed by atoms with Crippen LogP contribution < -0.4 is 16.2 Å². The minimum atomic E-state index is -0.261. The van der Waals surface area contributed by atoms with Gasteiger partial charge < -0.3 is 5.32 Å². The molecule has 0 aliphatic carbocycles. The molecule has 0 bridgehead atoms. The number of aromatic nitrogens is 2. The third-order valence-electron chi connectivity index (χ3n) is 5.25. The van der Waals surface area contributed by atoms with Crippen LogP contribution in [-0.4, -0.2) is 21.8 Å². The summed E-state index contributed by atoms with van der Waals surface area (Å²) in [6, 6.07) is 23.3. The molecule has 0 unspecified atom stereocenters. The molecule has 0 aliphatic rings. The number of thiophene rings is 1. The smallest absolute Gasteiger partial charge is 0.295 e. The second kappa shape index (κ2) is 9.16. The van der Waals surface area contributed by atoms with Crippen LogP contribution in [0.4, 0.5) is 5.69 Å². The average Bonchev–Trinajstić information content (AvgIpc) is 3.39. The predicted molar refractivity (Wildman–Crippen MR) is 125 cm³/mol. The molecule has 0 fully saturated rings. The highest BCUT2D eigenvalue weighted by Crippen LogP contribution is 2.25. The van der Waals surface area contributed by atoms with Crippen LogP contribution in [0, 0.1) is 6.92 Å². The summed E-state index contributed by atoms with van der Waals surface area (Å²) in [6.45, 7) is 1.90. The number of hydrogen-bond donors (Lipinski definition) is 2.